The van der Waals surface area contributed by atoms with Crippen LogP contribution in [0.4, 0.5) is 4.39 Å². The van der Waals surface area contributed by atoms with E-state index in [4.69, 9.17) is 4.74 Å². The van der Waals surface area contributed by atoms with Gasteiger partial charge in [-0.05, 0) is 48.9 Å². The molecule has 0 aliphatic heterocycles. The van der Waals surface area contributed by atoms with E-state index in [2.05, 4.69) is 26.8 Å². The number of rotatable bonds is 5. The fourth-order valence-electron chi connectivity index (χ4n) is 1.84. The SMILES string of the molecule is CC(Oc1ccc(Br)cc1)C(=O)NNC(=O)Cc1ccc(F)cc1. The zero-order valence-corrected chi connectivity index (χ0v) is 14.5. The minimum Gasteiger partial charge on any atom is -0.481 e. The summed E-state index contributed by atoms with van der Waals surface area (Å²) in [6, 6.07) is 12.6. The van der Waals surface area contributed by atoms with Gasteiger partial charge in [-0.2, -0.15) is 0 Å². The summed E-state index contributed by atoms with van der Waals surface area (Å²) in [6.45, 7) is 1.57. The van der Waals surface area contributed by atoms with E-state index in [-0.39, 0.29) is 12.2 Å². The van der Waals surface area contributed by atoms with Gasteiger partial charge < -0.3 is 4.74 Å². The predicted molar refractivity (Wildman–Crippen MR) is 90.6 cm³/mol. The lowest BCUT2D eigenvalue weighted by atomic mass is 10.1. The number of benzene rings is 2. The van der Waals surface area contributed by atoms with E-state index in [1.807, 2.05) is 0 Å². The highest BCUT2D eigenvalue weighted by Gasteiger charge is 2.15. The van der Waals surface area contributed by atoms with E-state index < -0.39 is 17.9 Å². The summed E-state index contributed by atoms with van der Waals surface area (Å²) in [5.41, 5.74) is 5.24. The molecule has 0 aliphatic rings. The zero-order chi connectivity index (χ0) is 17.5. The monoisotopic (exact) mass is 394 g/mol. The van der Waals surface area contributed by atoms with Crippen molar-refractivity contribution in [1.82, 2.24) is 10.9 Å². The van der Waals surface area contributed by atoms with Crippen LogP contribution in [0.25, 0.3) is 0 Å². The number of carbonyl (C=O) groups is 2. The Morgan fingerprint density at radius 2 is 1.71 bits per heavy atom. The molecule has 0 bridgehead atoms. The van der Waals surface area contributed by atoms with Gasteiger partial charge in [0.05, 0.1) is 6.42 Å². The van der Waals surface area contributed by atoms with Gasteiger partial charge >= 0.3 is 0 Å². The summed E-state index contributed by atoms with van der Waals surface area (Å²) < 4.78 is 19.2. The minimum atomic E-state index is -0.780. The number of amides is 2. The van der Waals surface area contributed by atoms with Crippen LogP contribution in [0.2, 0.25) is 0 Å². The third kappa shape index (κ3) is 5.66. The first-order chi connectivity index (χ1) is 11.4. The normalized spacial score (nSPS) is 11.5. The van der Waals surface area contributed by atoms with E-state index >= 15 is 0 Å². The number of ether oxygens (including phenoxy) is 1. The highest BCUT2D eigenvalue weighted by atomic mass is 79.9. The lowest BCUT2D eigenvalue weighted by molar-refractivity contribution is -0.132. The number of carbonyl (C=O) groups excluding carboxylic acids is 2. The van der Waals surface area contributed by atoms with Crippen LogP contribution < -0.4 is 15.6 Å². The van der Waals surface area contributed by atoms with Crippen molar-refractivity contribution in [2.75, 3.05) is 0 Å². The van der Waals surface area contributed by atoms with E-state index in [1.165, 1.54) is 24.3 Å². The summed E-state index contributed by atoms with van der Waals surface area (Å²) >= 11 is 3.31. The smallest absolute Gasteiger partial charge is 0.279 e. The molecule has 0 radical (unpaired) electrons. The molecule has 1 unspecified atom stereocenters. The maximum Gasteiger partial charge on any atom is 0.279 e. The Bertz CT molecular complexity index is 705. The highest BCUT2D eigenvalue weighted by molar-refractivity contribution is 9.10. The molecule has 24 heavy (non-hydrogen) atoms. The second kappa shape index (κ2) is 8.44. The first-order valence-corrected chi connectivity index (χ1v) is 7.98. The molecule has 126 valence electrons. The van der Waals surface area contributed by atoms with Crippen LogP contribution in [0.5, 0.6) is 5.75 Å². The van der Waals surface area contributed by atoms with Crippen molar-refractivity contribution in [2.45, 2.75) is 19.4 Å². The molecule has 5 nitrogen and oxygen atoms in total. The van der Waals surface area contributed by atoms with Crippen LogP contribution in [-0.4, -0.2) is 17.9 Å². The Hall–Kier alpha value is -2.41. The van der Waals surface area contributed by atoms with Gasteiger partial charge in [0.25, 0.3) is 5.91 Å². The zero-order valence-electron chi connectivity index (χ0n) is 12.9. The van der Waals surface area contributed by atoms with Gasteiger partial charge in [-0.1, -0.05) is 28.1 Å². The Labute approximate surface area is 147 Å². The summed E-state index contributed by atoms with van der Waals surface area (Å²) in [7, 11) is 0. The summed E-state index contributed by atoms with van der Waals surface area (Å²) in [5.74, 6) is -0.721. The fourth-order valence-corrected chi connectivity index (χ4v) is 2.10. The Balaban J connectivity index is 1.77. The Morgan fingerprint density at radius 1 is 1.08 bits per heavy atom. The fraction of sp³-hybridized carbons (Fsp3) is 0.176. The largest absolute Gasteiger partial charge is 0.481 e. The van der Waals surface area contributed by atoms with Gasteiger partial charge in [0, 0.05) is 4.47 Å². The first kappa shape index (κ1) is 17.9. The molecular formula is C17H16BrFN2O3. The Morgan fingerprint density at radius 3 is 2.33 bits per heavy atom. The molecule has 0 saturated carbocycles. The molecular weight excluding hydrogens is 379 g/mol. The lowest BCUT2D eigenvalue weighted by Gasteiger charge is -2.15. The van der Waals surface area contributed by atoms with Gasteiger partial charge in [0.15, 0.2) is 6.10 Å². The Kier molecular flexibility index (Phi) is 6.31. The van der Waals surface area contributed by atoms with Crippen LogP contribution >= 0.6 is 15.9 Å². The molecule has 2 rings (SSSR count). The summed E-state index contributed by atoms with van der Waals surface area (Å²) in [6.07, 6.45) is -0.750. The predicted octanol–water partition coefficient (Wildman–Crippen LogP) is 2.75. The molecule has 2 aromatic rings. The van der Waals surface area contributed by atoms with Gasteiger partial charge in [-0.25, -0.2) is 4.39 Å². The summed E-state index contributed by atoms with van der Waals surface area (Å²) in [4.78, 5) is 23.7. The van der Waals surface area contributed by atoms with Crippen molar-refractivity contribution in [3.8, 4) is 5.75 Å². The molecule has 0 heterocycles. The summed E-state index contributed by atoms with van der Waals surface area (Å²) in [5, 5.41) is 0. The second-order valence-corrected chi connectivity index (χ2v) is 5.97. The number of hydrazine groups is 1. The van der Waals surface area contributed by atoms with Crippen LogP contribution in [0.1, 0.15) is 12.5 Å². The molecule has 0 aliphatic carbocycles. The van der Waals surface area contributed by atoms with Crippen molar-refractivity contribution in [3.63, 3.8) is 0 Å². The number of nitrogens with one attached hydrogen (secondary N) is 2. The van der Waals surface area contributed by atoms with Crippen molar-refractivity contribution in [1.29, 1.82) is 0 Å². The van der Waals surface area contributed by atoms with Crippen LogP contribution in [0, 0.1) is 5.82 Å². The van der Waals surface area contributed by atoms with Crippen molar-refractivity contribution < 1.29 is 18.7 Å². The maximum absolute atomic E-state index is 12.8. The minimum absolute atomic E-state index is 0.0303. The molecule has 7 heteroatoms. The molecule has 0 fully saturated rings. The standard InChI is InChI=1S/C17H16BrFN2O3/c1-11(24-15-8-4-13(18)5-9-15)17(23)21-20-16(22)10-12-2-6-14(19)7-3-12/h2-9,11H,10H2,1H3,(H,20,22)(H,21,23). The third-order valence-corrected chi connectivity index (χ3v) is 3.63. The topological polar surface area (TPSA) is 67.4 Å². The quantitative estimate of drug-likeness (QED) is 0.766. The molecule has 2 aromatic carbocycles. The van der Waals surface area contributed by atoms with Crippen molar-refractivity contribution in [3.05, 3.63) is 64.4 Å². The maximum atomic E-state index is 12.8. The molecule has 1 atom stereocenters. The average Bonchev–Trinajstić information content (AvgIpc) is 2.57. The van der Waals surface area contributed by atoms with E-state index in [1.54, 1.807) is 31.2 Å². The van der Waals surface area contributed by atoms with Gasteiger partial charge in [0.2, 0.25) is 5.91 Å². The van der Waals surface area contributed by atoms with Gasteiger partial charge in [-0.15, -0.1) is 0 Å². The number of halogens is 2. The lowest BCUT2D eigenvalue weighted by Crippen LogP contribution is -2.47. The van der Waals surface area contributed by atoms with Crippen LogP contribution in [-0.2, 0) is 16.0 Å². The number of hydrogen-bond donors (Lipinski definition) is 2. The van der Waals surface area contributed by atoms with Crippen LogP contribution in [0.15, 0.2) is 53.0 Å². The van der Waals surface area contributed by atoms with E-state index in [9.17, 15) is 14.0 Å². The van der Waals surface area contributed by atoms with Crippen LogP contribution in [0.3, 0.4) is 0 Å². The first-order valence-electron chi connectivity index (χ1n) is 7.19. The second-order valence-electron chi connectivity index (χ2n) is 5.05. The van der Waals surface area contributed by atoms with Crippen molar-refractivity contribution >= 4 is 27.7 Å². The van der Waals surface area contributed by atoms with E-state index in [0.29, 0.717) is 11.3 Å². The van der Waals surface area contributed by atoms with E-state index in [0.717, 1.165) is 4.47 Å². The van der Waals surface area contributed by atoms with Gasteiger partial charge in [0.1, 0.15) is 11.6 Å². The number of hydrogen-bond acceptors (Lipinski definition) is 3. The highest BCUT2D eigenvalue weighted by Crippen LogP contribution is 2.17. The molecule has 2 N–H and O–H groups in total. The van der Waals surface area contributed by atoms with Gasteiger partial charge in [-0.3, -0.25) is 20.4 Å². The molecule has 2 amide bonds. The molecule has 0 saturated heterocycles. The third-order valence-electron chi connectivity index (χ3n) is 3.10. The van der Waals surface area contributed by atoms with Crippen molar-refractivity contribution in [2.24, 2.45) is 0 Å². The average molecular weight is 395 g/mol. The molecule has 0 aromatic heterocycles. The molecule has 0 spiro atoms.